The Balaban J connectivity index is 1.55. The molecule has 0 fully saturated rings. The molecule has 2 aromatic heterocycles. The first-order valence-electron chi connectivity index (χ1n) is 9.47. The van der Waals surface area contributed by atoms with Crippen LogP contribution in [-0.4, -0.2) is 26.8 Å². The number of nitrogens with zero attached hydrogens (tertiary/aromatic N) is 3. The standard InChI is InChI=1S/C22H19F2N3O4/c23-22(24)30-19-10-4-2-8-17(19)21-25-20(31-26-21)14-27(13-16-7-5-11-29-16)12-15-6-1-3-9-18(15)28/h1-11,22,28H,12-14H2. The summed E-state index contributed by atoms with van der Waals surface area (Å²) in [7, 11) is 0. The predicted molar refractivity (Wildman–Crippen MR) is 106 cm³/mol. The van der Waals surface area contributed by atoms with E-state index in [1.165, 1.54) is 6.07 Å². The lowest BCUT2D eigenvalue weighted by molar-refractivity contribution is -0.0494. The minimum Gasteiger partial charge on any atom is -0.508 e. The van der Waals surface area contributed by atoms with Gasteiger partial charge in [0.2, 0.25) is 11.7 Å². The molecule has 0 aliphatic rings. The summed E-state index contributed by atoms with van der Waals surface area (Å²) in [6.45, 7) is -1.88. The third-order valence-corrected chi connectivity index (χ3v) is 4.52. The van der Waals surface area contributed by atoms with Gasteiger partial charge >= 0.3 is 6.61 Å². The zero-order chi connectivity index (χ0) is 21.6. The van der Waals surface area contributed by atoms with Crippen LogP contribution >= 0.6 is 0 Å². The Morgan fingerprint density at radius 1 is 0.968 bits per heavy atom. The van der Waals surface area contributed by atoms with Gasteiger partial charge in [0.25, 0.3) is 0 Å². The molecule has 9 heteroatoms. The molecule has 0 radical (unpaired) electrons. The molecule has 2 heterocycles. The van der Waals surface area contributed by atoms with Gasteiger partial charge in [-0.15, -0.1) is 0 Å². The molecule has 0 aliphatic carbocycles. The Morgan fingerprint density at radius 2 is 1.77 bits per heavy atom. The van der Waals surface area contributed by atoms with Crippen molar-refractivity contribution in [1.82, 2.24) is 15.0 Å². The Morgan fingerprint density at radius 3 is 2.55 bits per heavy atom. The summed E-state index contributed by atoms with van der Waals surface area (Å²) in [6.07, 6.45) is 1.58. The highest BCUT2D eigenvalue weighted by Gasteiger charge is 2.19. The molecule has 0 bridgehead atoms. The van der Waals surface area contributed by atoms with E-state index in [0.717, 1.165) is 11.3 Å². The Bertz CT molecular complexity index is 1120. The molecule has 7 nitrogen and oxygen atoms in total. The predicted octanol–water partition coefficient (Wildman–Crippen LogP) is 4.84. The van der Waals surface area contributed by atoms with Crippen molar-refractivity contribution < 1.29 is 27.6 Å². The minimum absolute atomic E-state index is 0.0356. The summed E-state index contributed by atoms with van der Waals surface area (Å²) >= 11 is 0. The number of aromatic nitrogens is 2. The number of ether oxygens (including phenoxy) is 1. The van der Waals surface area contributed by atoms with Crippen molar-refractivity contribution in [3.63, 3.8) is 0 Å². The van der Waals surface area contributed by atoms with Crippen LogP contribution in [-0.2, 0) is 19.6 Å². The second-order valence-corrected chi connectivity index (χ2v) is 6.74. The minimum atomic E-state index is -2.96. The molecule has 1 N–H and O–H groups in total. The number of phenols is 1. The number of hydrogen-bond donors (Lipinski definition) is 1. The Hall–Kier alpha value is -3.72. The third-order valence-electron chi connectivity index (χ3n) is 4.52. The monoisotopic (exact) mass is 427 g/mol. The molecule has 4 rings (SSSR count). The van der Waals surface area contributed by atoms with E-state index >= 15 is 0 Å². The maximum Gasteiger partial charge on any atom is 0.387 e. The average molecular weight is 427 g/mol. The molecule has 31 heavy (non-hydrogen) atoms. The number of para-hydroxylation sites is 2. The molecular weight excluding hydrogens is 408 g/mol. The molecule has 0 amide bonds. The summed E-state index contributed by atoms with van der Waals surface area (Å²) in [6, 6.07) is 16.9. The Kier molecular flexibility index (Phi) is 6.23. The lowest BCUT2D eigenvalue weighted by Gasteiger charge is -2.19. The van der Waals surface area contributed by atoms with Crippen LogP contribution in [0.3, 0.4) is 0 Å². The van der Waals surface area contributed by atoms with Gasteiger partial charge in [-0.2, -0.15) is 13.8 Å². The zero-order valence-corrected chi connectivity index (χ0v) is 16.3. The molecule has 4 aromatic rings. The number of phenolic OH excluding ortho intramolecular Hbond substituents is 1. The van der Waals surface area contributed by atoms with Crippen LogP contribution in [0.2, 0.25) is 0 Å². The molecule has 0 unspecified atom stereocenters. The smallest absolute Gasteiger partial charge is 0.387 e. The van der Waals surface area contributed by atoms with E-state index in [9.17, 15) is 13.9 Å². The fourth-order valence-electron chi connectivity index (χ4n) is 3.15. The lowest BCUT2D eigenvalue weighted by atomic mass is 10.2. The maximum absolute atomic E-state index is 12.7. The van der Waals surface area contributed by atoms with Crippen LogP contribution in [0.1, 0.15) is 17.2 Å². The van der Waals surface area contributed by atoms with Crippen LogP contribution in [0, 0.1) is 0 Å². The van der Waals surface area contributed by atoms with Crippen LogP contribution in [0.25, 0.3) is 11.4 Å². The second kappa shape index (κ2) is 9.40. The highest BCUT2D eigenvalue weighted by Crippen LogP contribution is 2.29. The van der Waals surface area contributed by atoms with Crippen molar-refractivity contribution in [2.75, 3.05) is 0 Å². The van der Waals surface area contributed by atoms with Crippen molar-refractivity contribution in [3.05, 3.63) is 84.1 Å². The fraction of sp³-hybridized carbons (Fsp3) is 0.182. The van der Waals surface area contributed by atoms with Crippen LogP contribution in [0.5, 0.6) is 11.5 Å². The van der Waals surface area contributed by atoms with Crippen molar-refractivity contribution >= 4 is 0 Å². The third kappa shape index (κ3) is 5.26. The summed E-state index contributed by atoms with van der Waals surface area (Å²) in [5.41, 5.74) is 1.03. The van der Waals surface area contributed by atoms with Crippen molar-refractivity contribution in [1.29, 1.82) is 0 Å². The summed E-state index contributed by atoms with van der Waals surface area (Å²) in [5, 5.41) is 14.0. The van der Waals surface area contributed by atoms with E-state index in [0.29, 0.717) is 18.7 Å². The van der Waals surface area contributed by atoms with E-state index < -0.39 is 6.61 Å². The second-order valence-electron chi connectivity index (χ2n) is 6.74. The van der Waals surface area contributed by atoms with Gasteiger partial charge < -0.3 is 18.8 Å². The number of hydrogen-bond acceptors (Lipinski definition) is 7. The first-order chi connectivity index (χ1) is 15.1. The summed E-state index contributed by atoms with van der Waals surface area (Å²) < 4.78 is 40.7. The summed E-state index contributed by atoms with van der Waals surface area (Å²) in [4.78, 5) is 6.30. The molecule has 0 spiro atoms. The number of aromatic hydroxyl groups is 1. The van der Waals surface area contributed by atoms with Gasteiger partial charge in [0.1, 0.15) is 17.3 Å². The highest BCUT2D eigenvalue weighted by atomic mass is 19.3. The maximum atomic E-state index is 12.7. The lowest BCUT2D eigenvalue weighted by Crippen LogP contribution is -2.22. The molecule has 0 saturated carbocycles. The molecule has 0 atom stereocenters. The first kappa shape index (κ1) is 20.5. The SMILES string of the molecule is Oc1ccccc1CN(Cc1ccco1)Cc1nc(-c2ccccc2OC(F)F)no1. The topological polar surface area (TPSA) is 84.8 Å². The normalized spacial score (nSPS) is 11.4. The number of rotatable bonds is 9. The molecule has 2 aromatic carbocycles. The van der Waals surface area contributed by atoms with E-state index in [2.05, 4.69) is 14.9 Å². The van der Waals surface area contributed by atoms with E-state index in [4.69, 9.17) is 8.94 Å². The first-order valence-corrected chi connectivity index (χ1v) is 9.47. The van der Waals surface area contributed by atoms with Crippen LogP contribution < -0.4 is 4.74 Å². The highest BCUT2D eigenvalue weighted by molar-refractivity contribution is 5.63. The van der Waals surface area contributed by atoms with Gasteiger partial charge in [-0.1, -0.05) is 35.5 Å². The number of alkyl halides is 2. The van der Waals surface area contributed by atoms with Gasteiger partial charge in [-0.05, 0) is 30.3 Å². The quantitative estimate of drug-likeness (QED) is 0.409. The number of halogens is 2. The van der Waals surface area contributed by atoms with Gasteiger partial charge in [-0.25, -0.2) is 0 Å². The van der Waals surface area contributed by atoms with Gasteiger partial charge in [0.05, 0.1) is 24.9 Å². The van der Waals surface area contributed by atoms with Gasteiger partial charge in [0, 0.05) is 12.1 Å². The number of furan rings is 1. The molecule has 0 saturated heterocycles. The van der Waals surface area contributed by atoms with Gasteiger partial charge in [-0.3, -0.25) is 4.90 Å². The van der Waals surface area contributed by atoms with E-state index in [1.807, 2.05) is 23.1 Å². The van der Waals surface area contributed by atoms with Crippen LogP contribution in [0.15, 0.2) is 75.9 Å². The largest absolute Gasteiger partial charge is 0.508 e. The summed E-state index contributed by atoms with van der Waals surface area (Å²) in [5.74, 6) is 1.30. The van der Waals surface area contributed by atoms with Crippen molar-refractivity contribution in [3.8, 4) is 22.9 Å². The fourth-order valence-corrected chi connectivity index (χ4v) is 3.15. The molecular formula is C22H19F2N3O4. The van der Waals surface area contributed by atoms with Crippen LogP contribution in [0.4, 0.5) is 8.78 Å². The van der Waals surface area contributed by atoms with Crippen molar-refractivity contribution in [2.45, 2.75) is 26.2 Å². The zero-order valence-electron chi connectivity index (χ0n) is 16.3. The average Bonchev–Trinajstić information content (AvgIpc) is 3.42. The van der Waals surface area contributed by atoms with E-state index in [1.54, 1.807) is 42.7 Å². The molecule has 160 valence electrons. The number of benzene rings is 2. The van der Waals surface area contributed by atoms with E-state index in [-0.39, 0.29) is 29.8 Å². The van der Waals surface area contributed by atoms with Crippen molar-refractivity contribution in [2.24, 2.45) is 0 Å². The molecule has 0 aliphatic heterocycles. The Labute approximate surface area is 176 Å². The van der Waals surface area contributed by atoms with Gasteiger partial charge in [0.15, 0.2) is 0 Å².